The highest BCUT2D eigenvalue weighted by Gasteiger charge is 2.31. The molecular weight excluding hydrogens is 438 g/mol. The van der Waals surface area contributed by atoms with Crippen molar-refractivity contribution >= 4 is 33.4 Å². The number of nitrogens with one attached hydrogen (secondary N) is 2. The van der Waals surface area contributed by atoms with Crippen molar-refractivity contribution < 1.29 is 18.0 Å². The lowest BCUT2D eigenvalue weighted by atomic mass is 9.95. The molecule has 2 amide bonds. The predicted octanol–water partition coefficient (Wildman–Crippen LogP) is 3.33. The van der Waals surface area contributed by atoms with Gasteiger partial charge in [0.15, 0.2) is 0 Å². The van der Waals surface area contributed by atoms with Crippen LogP contribution < -0.4 is 10.6 Å². The molecule has 1 atom stereocenters. The van der Waals surface area contributed by atoms with Crippen LogP contribution in [-0.2, 0) is 14.8 Å². The van der Waals surface area contributed by atoms with Gasteiger partial charge < -0.3 is 10.6 Å². The molecule has 9 heteroatoms. The van der Waals surface area contributed by atoms with Crippen molar-refractivity contribution in [2.45, 2.75) is 69.2 Å². The Balaban J connectivity index is 1.58. The van der Waals surface area contributed by atoms with Gasteiger partial charge in [0, 0.05) is 37.7 Å². The maximum absolute atomic E-state index is 13.1. The number of benzene rings is 1. The van der Waals surface area contributed by atoms with Gasteiger partial charge in [0.05, 0.1) is 5.02 Å². The van der Waals surface area contributed by atoms with E-state index < -0.39 is 15.9 Å². The molecule has 1 aromatic carbocycles. The van der Waals surface area contributed by atoms with Crippen molar-refractivity contribution in [2.75, 3.05) is 19.6 Å². The van der Waals surface area contributed by atoms with Crippen LogP contribution in [0, 0.1) is 5.92 Å². The molecule has 2 N–H and O–H groups in total. The first-order valence-electron chi connectivity index (χ1n) is 11.1. The number of carbonyl (C=O) groups is 2. The van der Waals surface area contributed by atoms with Crippen LogP contribution in [0.5, 0.6) is 0 Å². The Morgan fingerprint density at radius 3 is 2.58 bits per heavy atom. The van der Waals surface area contributed by atoms with Crippen molar-refractivity contribution in [3.05, 3.63) is 28.8 Å². The maximum atomic E-state index is 13.1. The van der Waals surface area contributed by atoms with Crippen LogP contribution in [0.1, 0.15) is 68.6 Å². The van der Waals surface area contributed by atoms with Crippen molar-refractivity contribution in [2.24, 2.45) is 5.92 Å². The van der Waals surface area contributed by atoms with Crippen LogP contribution in [0.15, 0.2) is 23.1 Å². The molecule has 1 aliphatic carbocycles. The zero-order chi connectivity index (χ0) is 22.4. The average Bonchev–Trinajstić information content (AvgIpc) is 2.74. The van der Waals surface area contributed by atoms with Crippen molar-refractivity contribution in [1.82, 2.24) is 14.9 Å². The Kier molecular flexibility index (Phi) is 8.36. The summed E-state index contributed by atoms with van der Waals surface area (Å²) in [7, 11) is -3.77. The first-order valence-corrected chi connectivity index (χ1v) is 13.0. The molecular formula is C22H32ClN3O4S. The van der Waals surface area contributed by atoms with Crippen LogP contribution in [0.4, 0.5) is 0 Å². The second-order valence-corrected chi connectivity index (χ2v) is 11.0. The Hall–Kier alpha value is -1.64. The van der Waals surface area contributed by atoms with E-state index in [2.05, 4.69) is 10.6 Å². The number of halogens is 1. The average molecular weight is 470 g/mol. The number of amides is 2. The lowest BCUT2D eigenvalue weighted by Gasteiger charge is -2.30. The standard InChI is InChI=1S/C22H32ClN3O4S/c1-16-6-5-13-26(15-16)31(29,30)20-14-17(9-10-19(20)23)22(28)24-12-11-21(27)25-18-7-3-2-4-8-18/h9-10,14,16,18H,2-8,11-13,15H2,1H3,(H,24,28)(H,25,27). The molecule has 31 heavy (non-hydrogen) atoms. The van der Waals surface area contributed by atoms with E-state index in [-0.39, 0.29) is 46.3 Å². The molecule has 172 valence electrons. The summed E-state index contributed by atoms with van der Waals surface area (Å²) in [5.41, 5.74) is 0.209. The van der Waals surface area contributed by atoms with Gasteiger partial charge in [-0.05, 0) is 49.8 Å². The Bertz CT molecular complexity index is 900. The van der Waals surface area contributed by atoms with Crippen molar-refractivity contribution in [3.8, 4) is 0 Å². The maximum Gasteiger partial charge on any atom is 0.251 e. The van der Waals surface area contributed by atoms with Gasteiger partial charge in [0.1, 0.15) is 4.90 Å². The summed E-state index contributed by atoms with van der Waals surface area (Å²) in [6.07, 6.45) is 7.51. The molecule has 0 aromatic heterocycles. The first kappa shape index (κ1) is 24.0. The largest absolute Gasteiger partial charge is 0.353 e. The highest BCUT2D eigenvalue weighted by Crippen LogP contribution is 2.29. The lowest BCUT2D eigenvalue weighted by molar-refractivity contribution is -0.121. The minimum absolute atomic E-state index is 0.0500. The summed E-state index contributed by atoms with van der Waals surface area (Å²) in [4.78, 5) is 24.6. The molecule has 2 fully saturated rings. The minimum Gasteiger partial charge on any atom is -0.353 e. The summed E-state index contributed by atoms with van der Waals surface area (Å²) in [5.74, 6) is -0.218. The SMILES string of the molecule is CC1CCCN(S(=O)(=O)c2cc(C(=O)NCCC(=O)NC3CCCCC3)ccc2Cl)C1. The summed E-state index contributed by atoms with van der Waals surface area (Å²) >= 11 is 6.19. The van der Waals surface area contributed by atoms with E-state index in [1.165, 1.54) is 28.9 Å². The highest BCUT2D eigenvalue weighted by molar-refractivity contribution is 7.89. The van der Waals surface area contributed by atoms with E-state index in [0.29, 0.717) is 13.1 Å². The molecule has 1 aliphatic heterocycles. The zero-order valence-electron chi connectivity index (χ0n) is 18.0. The molecule has 3 rings (SSSR count). The molecule has 0 spiro atoms. The van der Waals surface area contributed by atoms with E-state index in [1.54, 1.807) is 0 Å². The molecule has 2 aliphatic rings. The van der Waals surface area contributed by atoms with E-state index in [4.69, 9.17) is 11.6 Å². The van der Waals surface area contributed by atoms with Crippen LogP contribution in [-0.4, -0.2) is 50.2 Å². The topological polar surface area (TPSA) is 95.6 Å². The van der Waals surface area contributed by atoms with E-state index >= 15 is 0 Å². The number of rotatable bonds is 7. The van der Waals surface area contributed by atoms with Crippen LogP contribution in [0.25, 0.3) is 0 Å². The number of nitrogens with zero attached hydrogens (tertiary/aromatic N) is 1. The van der Waals surface area contributed by atoms with Gasteiger partial charge in [0.2, 0.25) is 15.9 Å². The minimum atomic E-state index is -3.77. The van der Waals surface area contributed by atoms with E-state index in [1.807, 2.05) is 6.92 Å². The number of hydrogen-bond acceptors (Lipinski definition) is 4. The third kappa shape index (κ3) is 6.43. The van der Waals surface area contributed by atoms with Crippen LogP contribution >= 0.6 is 11.6 Å². The molecule has 0 radical (unpaired) electrons. The highest BCUT2D eigenvalue weighted by atomic mass is 35.5. The van der Waals surface area contributed by atoms with Crippen molar-refractivity contribution in [1.29, 1.82) is 0 Å². The van der Waals surface area contributed by atoms with Crippen LogP contribution in [0.2, 0.25) is 5.02 Å². The Morgan fingerprint density at radius 1 is 1.13 bits per heavy atom. The smallest absolute Gasteiger partial charge is 0.251 e. The van der Waals surface area contributed by atoms with Gasteiger partial charge in [-0.1, -0.05) is 37.8 Å². The fraction of sp³-hybridized carbons (Fsp3) is 0.636. The van der Waals surface area contributed by atoms with Crippen LogP contribution in [0.3, 0.4) is 0 Å². The number of carbonyl (C=O) groups excluding carboxylic acids is 2. The quantitative estimate of drug-likeness (QED) is 0.640. The van der Waals surface area contributed by atoms with E-state index in [0.717, 1.165) is 38.5 Å². The summed E-state index contributed by atoms with van der Waals surface area (Å²) < 4.78 is 27.6. The molecule has 1 saturated carbocycles. The molecule has 0 bridgehead atoms. The lowest BCUT2D eigenvalue weighted by Crippen LogP contribution is -2.39. The predicted molar refractivity (Wildman–Crippen MR) is 121 cm³/mol. The first-order chi connectivity index (χ1) is 14.8. The van der Waals surface area contributed by atoms with Gasteiger partial charge >= 0.3 is 0 Å². The molecule has 7 nitrogen and oxygen atoms in total. The van der Waals surface area contributed by atoms with Gasteiger partial charge in [-0.25, -0.2) is 8.42 Å². The fourth-order valence-electron chi connectivity index (χ4n) is 4.28. The molecule has 1 unspecified atom stereocenters. The second-order valence-electron chi connectivity index (χ2n) is 8.66. The summed E-state index contributed by atoms with van der Waals surface area (Å²) in [6.45, 7) is 3.12. The Labute approximate surface area is 190 Å². The van der Waals surface area contributed by atoms with Gasteiger partial charge in [-0.2, -0.15) is 4.31 Å². The Morgan fingerprint density at radius 2 is 1.87 bits per heavy atom. The number of piperidine rings is 1. The second kappa shape index (κ2) is 10.8. The van der Waals surface area contributed by atoms with Crippen molar-refractivity contribution in [3.63, 3.8) is 0 Å². The fourth-order valence-corrected chi connectivity index (χ4v) is 6.38. The normalized spacial score (nSPS) is 20.9. The summed E-state index contributed by atoms with van der Waals surface area (Å²) in [6, 6.07) is 4.50. The third-order valence-electron chi connectivity index (χ3n) is 6.04. The van der Waals surface area contributed by atoms with Gasteiger partial charge in [0.25, 0.3) is 5.91 Å². The molecule has 1 aromatic rings. The monoisotopic (exact) mass is 469 g/mol. The number of hydrogen-bond donors (Lipinski definition) is 2. The third-order valence-corrected chi connectivity index (χ3v) is 8.39. The number of sulfonamides is 1. The van der Waals surface area contributed by atoms with Gasteiger partial charge in [-0.3, -0.25) is 9.59 Å². The molecule has 1 saturated heterocycles. The van der Waals surface area contributed by atoms with Gasteiger partial charge in [-0.15, -0.1) is 0 Å². The zero-order valence-corrected chi connectivity index (χ0v) is 19.6. The molecule has 1 heterocycles. The van der Waals surface area contributed by atoms with E-state index in [9.17, 15) is 18.0 Å². The summed E-state index contributed by atoms with van der Waals surface area (Å²) in [5, 5.41) is 5.82.